The highest BCUT2D eigenvalue weighted by Crippen LogP contribution is 2.37. The number of hydrogen-bond acceptors (Lipinski definition) is 3. The summed E-state index contributed by atoms with van der Waals surface area (Å²) >= 11 is 0. The average Bonchev–Trinajstić information content (AvgIpc) is 3.45. The van der Waals surface area contributed by atoms with E-state index in [1.54, 1.807) is 18.2 Å². The van der Waals surface area contributed by atoms with E-state index in [4.69, 9.17) is 27.3 Å². The van der Waals surface area contributed by atoms with Crippen LogP contribution in [0.5, 0.6) is 0 Å². The molecule has 2 heterocycles. The van der Waals surface area contributed by atoms with Gasteiger partial charge in [0.05, 0.1) is 23.4 Å². The van der Waals surface area contributed by atoms with Crippen LogP contribution in [0, 0.1) is 0 Å². The molecule has 2 aromatic heterocycles. The molecule has 0 spiro atoms. The summed E-state index contributed by atoms with van der Waals surface area (Å²) < 4.78 is 78.6. The zero-order valence-electron chi connectivity index (χ0n) is 28.3. The van der Waals surface area contributed by atoms with Gasteiger partial charge in [0.2, 0.25) is 5.95 Å². The Bertz CT molecular complexity index is 2270. The molecule has 0 bridgehead atoms. The van der Waals surface area contributed by atoms with Gasteiger partial charge in [-0.2, -0.15) is 9.97 Å². The minimum atomic E-state index is -0.538. The summed E-state index contributed by atoms with van der Waals surface area (Å²) in [5.41, 5.74) is 1.81. The Morgan fingerprint density at radius 3 is 1.81 bits per heavy atom. The predicted molar refractivity (Wildman–Crippen MR) is 150 cm³/mol. The molecule has 0 aliphatic rings. The first kappa shape index (κ1) is 13.9. The van der Waals surface area contributed by atoms with E-state index in [1.807, 2.05) is 60.7 Å². The second kappa shape index (κ2) is 8.85. The fourth-order valence-corrected chi connectivity index (χ4v) is 4.45. The molecular formula is C33H22N4. The van der Waals surface area contributed by atoms with Gasteiger partial charge in [-0.1, -0.05) is 127 Å². The van der Waals surface area contributed by atoms with Gasteiger partial charge in [-0.05, 0) is 11.6 Å². The minimum absolute atomic E-state index is 0.0255. The van der Waals surface area contributed by atoms with E-state index in [0.29, 0.717) is 28.2 Å². The van der Waals surface area contributed by atoms with Crippen LogP contribution >= 0.6 is 0 Å². The van der Waals surface area contributed by atoms with Gasteiger partial charge in [-0.15, -0.1) is 0 Å². The third kappa shape index (κ3) is 3.67. The first-order chi connectivity index (χ1) is 22.1. The number of fused-ring (bicyclic) bond motifs is 3. The maximum absolute atomic E-state index is 9.00. The molecule has 4 nitrogen and oxygen atoms in total. The lowest BCUT2D eigenvalue weighted by atomic mass is 10.0. The van der Waals surface area contributed by atoms with Crippen molar-refractivity contribution < 1.29 is 12.3 Å². The summed E-state index contributed by atoms with van der Waals surface area (Å²) in [4.78, 5) is 14.4. The zero-order chi connectivity index (χ0) is 32.4. The van der Waals surface area contributed by atoms with Crippen molar-refractivity contribution in [3.05, 3.63) is 133 Å². The molecule has 0 unspecified atom stereocenters. The van der Waals surface area contributed by atoms with Gasteiger partial charge in [0, 0.05) is 27.5 Å². The molecular weight excluding hydrogens is 452 g/mol. The standard InChI is InChI=1S/C33H22N4/c1-4-13-23(14-5-1)26-20-12-21-28-27-19-10-11-22-29(27)37(30(26)28)33-35-31(24-15-6-2-7-16-24)34-32(36-33)25-17-8-3-9-18-25/h1-22H/i1D,4D,5D,10D,11D,13D,14D,19D,22D. The molecule has 0 aliphatic heterocycles. The van der Waals surface area contributed by atoms with E-state index in [0.717, 1.165) is 0 Å². The van der Waals surface area contributed by atoms with E-state index < -0.39 is 42.3 Å². The molecule has 0 radical (unpaired) electrons. The van der Waals surface area contributed by atoms with Gasteiger partial charge >= 0.3 is 0 Å². The number of nitrogens with zero attached hydrogens (tertiary/aromatic N) is 4. The molecule has 37 heavy (non-hydrogen) atoms. The van der Waals surface area contributed by atoms with Crippen LogP contribution in [0.1, 0.15) is 12.3 Å². The Hall–Kier alpha value is -5.09. The van der Waals surface area contributed by atoms with Crippen LogP contribution in [-0.4, -0.2) is 19.5 Å². The third-order valence-corrected chi connectivity index (χ3v) is 6.08. The molecule has 4 heteroatoms. The van der Waals surface area contributed by atoms with E-state index in [1.165, 1.54) is 4.57 Å². The Kier molecular flexibility index (Phi) is 3.31. The van der Waals surface area contributed by atoms with Crippen LogP contribution in [0.15, 0.2) is 133 Å². The van der Waals surface area contributed by atoms with Crippen molar-refractivity contribution >= 4 is 21.8 Å². The molecule has 7 rings (SSSR count). The number of aromatic nitrogens is 4. The van der Waals surface area contributed by atoms with Crippen LogP contribution < -0.4 is 0 Å². The quantitative estimate of drug-likeness (QED) is 0.255. The normalized spacial score (nSPS) is 14.6. The topological polar surface area (TPSA) is 43.6 Å². The number of hydrogen-bond donors (Lipinski definition) is 0. The maximum Gasteiger partial charge on any atom is 0.238 e. The Labute approximate surface area is 227 Å². The summed E-state index contributed by atoms with van der Waals surface area (Å²) in [5.74, 6) is 0.638. The highest BCUT2D eigenvalue weighted by atomic mass is 15.2. The maximum atomic E-state index is 9.00. The zero-order valence-corrected chi connectivity index (χ0v) is 19.3. The van der Waals surface area contributed by atoms with Gasteiger partial charge < -0.3 is 0 Å². The molecule has 0 saturated heterocycles. The summed E-state index contributed by atoms with van der Waals surface area (Å²) in [6.07, 6.45) is 0. The summed E-state index contributed by atoms with van der Waals surface area (Å²) in [7, 11) is 0. The molecule has 5 aromatic carbocycles. The van der Waals surface area contributed by atoms with Crippen molar-refractivity contribution in [2.75, 3.05) is 0 Å². The summed E-state index contributed by atoms with van der Waals surface area (Å²) in [6, 6.07) is 19.4. The fraction of sp³-hybridized carbons (Fsp3) is 0. The van der Waals surface area contributed by atoms with Gasteiger partial charge in [-0.3, -0.25) is 4.57 Å². The molecule has 0 saturated carbocycles. The number of para-hydroxylation sites is 2. The number of rotatable bonds is 4. The first-order valence-corrected chi connectivity index (χ1v) is 11.6. The van der Waals surface area contributed by atoms with Gasteiger partial charge in [0.25, 0.3) is 0 Å². The van der Waals surface area contributed by atoms with Crippen LogP contribution in [0.25, 0.3) is 61.7 Å². The second-order valence-corrected chi connectivity index (χ2v) is 8.28. The van der Waals surface area contributed by atoms with Crippen molar-refractivity contribution in [3.8, 4) is 39.9 Å². The van der Waals surface area contributed by atoms with E-state index in [2.05, 4.69) is 0 Å². The number of benzene rings is 5. The van der Waals surface area contributed by atoms with Crippen molar-refractivity contribution in [3.63, 3.8) is 0 Å². The molecule has 0 N–H and O–H groups in total. The second-order valence-electron chi connectivity index (χ2n) is 8.28. The summed E-state index contributed by atoms with van der Waals surface area (Å²) in [6.45, 7) is 0. The highest BCUT2D eigenvalue weighted by Gasteiger charge is 2.20. The van der Waals surface area contributed by atoms with Crippen molar-refractivity contribution in [1.82, 2.24) is 19.5 Å². The fourth-order valence-electron chi connectivity index (χ4n) is 4.45. The largest absolute Gasteiger partial charge is 0.277 e. The SMILES string of the molecule is [2H]c1c([2H])c([2H])c(-c2cccc3c4c([2H])c([2H])c([2H])c([2H])c4n(-c4nc(-c5ccccc5)nc(-c5ccccc5)n4)c23)c([2H])c1[2H]. The van der Waals surface area contributed by atoms with Gasteiger partial charge in [0.15, 0.2) is 11.6 Å². The van der Waals surface area contributed by atoms with Crippen LogP contribution in [0.2, 0.25) is 0 Å². The first-order valence-electron chi connectivity index (χ1n) is 16.1. The molecule has 0 aliphatic carbocycles. The lowest BCUT2D eigenvalue weighted by molar-refractivity contribution is 0.954. The van der Waals surface area contributed by atoms with E-state index in [-0.39, 0.29) is 45.6 Å². The van der Waals surface area contributed by atoms with E-state index >= 15 is 0 Å². The Morgan fingerprint density at radius 2 is 1.14 bits per heavy atom. The van der Waals surface area contributed by atoms with Gasteiger partial charge in [0.1, 0.15) is 0 Å². The third-order valence-electron chi connectivity index (χ3n) is 6.08. The molecule has 0 atom stereocenters. The van der Waals surface area contributed by atoms with Crippen LogP contribution in [0.3, 0.4) is 0 Å². The summed E-state index contributed by atoms with van der Waals surface area (Å²) in [5, 5.41) is 0.549. The van der Waals surface area contributed by atoms with Crippen molar-refractivity contribution in [2.45, 2.75) is 0 Å². The average molecular weight is 484 g/mol. The molecule has 0 amide bonds. The van der Waals surface area contributed by atoms with Crippen LogP contribution in [-0.2, 0) is 0 Å². The Morgan fingerprint density at radius 1 is 0.514 bits per heavy atom. The van der Waals surface area contributed by atoms with E-state index in [9.17, 15) is 0 Å². The highest BCUT2D eigenvalue weighted by molar-refractivity contribution is 6.13. The Balaban J connectivity index is 1.71. The smallest absolute Gasteiger partial charge is 0.238 e. The lowest BCUT2D eigenvalue weighted by Gasteiger charge is -2.13. The monoisotopic (exact) mass is 483 g/mol. The lowest BCUT2D eigenvalue weighted by Crippen LogP contribution is -2.06. The molecule has 174 valence electrons. The molecule has 7 aromatic rings. The van der Waals surface area contributed by atoms with Crippen molar-refractivity contribution in [2.24, 2.45) is 0 Å². The molecule has 0 fully saturated rings. The van der Waals surface area contributed by atoms with Crippen molar-refractivity contribution in [1.29, 1.82) is 0 Å². The minimum Gasteiger partial charge on any atom is -0.277 e. The van der Waals surface area contributed by atoms with Crippen LogP contribution in [0.4, 0.5) is 0 Å². The predicted octanol–water partition coefficient (Wildman–Crippen LogP) is 7.97. The van der Waals surface area contributed by atoms with Gasteiger partial charge in [-0.25, -0.2) is 4.98 Å².